The fraction of sp³-hybridized carbons (Fsp3) is 0.462. The van der Waals surface area contributed by atoms with E-state index in [1.807, 2.05) is 50.2 Å². The van der Waals surface area contributed by atoms with E-state index in [9.17, 15) is 4.79 Å². The van der Waals surface area contributed by atoms with Crippen molar-refractivity contribution in [2.24, 2.45) is 0 Å². The van der Waals surface area contributed by atoms with Crippen molar-refractivity contribution in [2.75, 3.05) is 36.4 Å². The maximum Gasteiger partial charge on any atom is 0.196 e. The zero-order valence-electron chi connectivity index (χ0n) is 20.7. The fourth-order valence-electron chi connectivity index (χ4n) is 4.83. The van der Waals surface area contributed by atoms with Crippen LogP contribution in [0.2, 0.25) is 0 Å². The second-order valence-corrected chi connectivity index (χ2v) is 10.9. The van der Waals surface area contributed by atoms with Gasteiger partial charge in [-0.15, -0.1) is 0 Å². The molecular formula is C26H37N7OS. The number of aromatic nitrogens is 4. The van der Waals surface area contributed by atoms with Gasteiger partial charge in [-0.2, -0.15) is 5.10 Å². The van der Waals surface area contributed by atoms with Crippen molar-refractivity contribution in [1.82, 2.24) is 25.1 Å². The fourth-order valence-corrected chi connectivity index (χ4v) is 5.59. The number of anilines is 3. The van der Waals surface area contributed by atoms with Gasteiger partial charge in [-0.25, -0.2) is 9.97 Å². The van der Waals surface area contributed by atoms with Gasteiger partial charge in [0.25, 0.3) is 0 Å². The molecule has 0 amide bonds. The molecule has 0 unspecified atom stereocenters. The largest absolute Gasteiger partial charge is 0.353 e. The Morgan fingerprint density at radius 2 is 1.89 bits per heavy atom. The first-order chi connectivity index (χ1) is 16.9. The number of hydrogen-bond acceptors (Lipinski definition) is 8. The monoisotopic (exact) mass is 495 g/mol. The van der Waals surface area contributed by atoms with Gasteiger partial charge in [0.15, 0.2) is 11.0 Å². The van der Waals surface area contributed by atoms with Crippen LogP contribution >= 0.6 is 11.8 Å². The van der Waals surface area contributed by atoms with Gasteiger partial charge in [0, 0.05) is 51.5 Å². The minimum Gasteiger partial charge on any atom is -0.353 e. The summed E-state index contributed by atoms with van der Waals surface area (Å²) in [5, 5.41) is 11.3. The van der Waals surface area contributed by atoms with E-state index in [1.165, 1.54) is 37.7 Å². The summed E-state index contributed by atoms with van der Waals surface area (Å²) in [6.07, 6.45) is 3.64. The third kappa shape index (κ3) is 5.51. The molecule has 2 N–H and O–H groups in total. The third-order valence-electron chi connectivity index (χ3n) is 6.84. The number of aromatic amines is 1. The second-order valence-electron chi connectivity index (χ2n) is 9.82. The molecule has 2 fully saturated rings. The molecule has 2 aliphatic rings. The predicted octanol–water partition coefficient (Wildman–Crippen LogP) is 5.09. The van der Waals surface area contributed by atoms with Crippen LogP contribution in [0.3, 0.4) is 0 Å². The number of carbonyl (C=O) groups excluding carboxylic acids is 1. The summed E-state index contributed by atoms with van der Waals surface area (Å²) in [7, 11) is 0. The molecule has 0 bridgehead atoms. The molecule has 1 aromatic carbocycles. The van der Waals surface area contributed by atoms with Crippen LogP contribution in [0.15, 0.2) is 46.5 Å². The number of ketones is 1. The van der Waals surface area contributed by atoms with E-state index in [-0.39, 0.29) is 14.2 Å². The summed E-state index contributed by atoms with van der Waals surface area (Å²) in [5.74, 6) is 2.64. The van der Waals surface area contributed by atoms with Gasteiger partial charge < -0.3 is 10.2 Å². The molecule has 0 spiro atoms. The molecule has 9 heteroatoms. The quantitative estimate of drug-likeness (QED) is 0.397. The highest BCUT2D eigenvalue weighted by atomic mass is 32.2. The number of Topliss-reactive ketones (excluding diaryl/α,β-unsaturated/α-hetero) is 1. The summed E-state index contributed by atoms with van der Waals surface area (Å²) >= 11 is 1.53. The average molecular weight is 496 g/mol. The number of benzene rings is 1. The lowest BCUT2D eigenvalue weighted by Crippen LogP contribution is -2.68. The van der Waals surface area contributed by atoms with Crippen molar-refractivity contribution < 1.29 is 7.65 Å². The van der Waals surface area contributed by atoms with Crippen molar-refractivity contribution in [3.8, 4) is 0 Å². The van der Waals surface area contributed by atoms with Crippen LogP contribution < -0.4 is 10.2 Å². The number of aryl methyl sites for hydroxylation is 1. The molecule has 35 heavy (non-hydrogen) atoms. The van der Waals surface area contributed by atoms with Gasteiger partial charge >= 0.3 is 0 Å². The number of hydrogen-bond donors (Lipinski definition) is 2. The first kappa shape index (κ1) is 23.8. The lowest BCUT2D eigenvalue weighted by Gasteiger charge is -2.53. The van der Waals surface area contributed by atoms with E-state index in [2.05, 4.69) is 32.2 Å². The maximum absolute atomic E-state index is 11.8. The second kappa shape index (κ2) is 9.99. The van der Waals surface area contributed by atoms with Gasteiger partial charge in [-0.05, 0) is 69.2 Å². The van der Waals surface area contributed by atoms with E-state index in [0.29, 0.717) is 18.0 Å². The maximum atomic E-state index is 11.8. The topological polar surface area (TPSA) is 90.0 Å². The zero-order chi connectivity index (χ0) is 24.4. The van der Waals surface area contributed by atoms with Crippen LogP contribution in [0.4, 0.5) is 17.5 Å². The van der Waals surface area contributed by atoms with E-state index in [1.54, 1.807) is 0 Å². The van der Waals surface area contributed by atoms with Gasteiger partial charge in [0.1, 0.15) is 17.4 Å². The van der Waals surface area contributed by atoms with E-state index in [0.717, 1.165) is 46.7 Å². The summed E-state index contributed by atoms with van der Waals surface area (Å²) in [5.41, 5.74) is 2.24. The molecule has 0 radical (unpaired) electrons. The molecule has 0 saturated carbocycles. The number of H-pyrrole nitrogens is 1. The Kier molecular flexibility index (Phi) is 6.80. The van der Waals surface area contributed by atoms with Crippen LogP contribution in [0.1, 0.15) is 47.2 Å². The smallest absolute Gasteiger partial charge is 0.196 e. The average Bonchev–Trinajstić information content (AvgIpc) is 3.50. The summed E-state index contributed by atoms with van der Waals surface area (Å²) in [6, 6.07) is 12.1. The molecule has 2 aromatic heterocycles. The van der Waals surface area contributed by atoms with Crippen molar-refractivity contribution in [1.29, 1.82) is 0 Å². The van der Waals surface area contributed by atoms with E-state index in [4.69, 9.17) is 9.97 Å². The first-order valence-corrected chi connectivity index (χ1v) is 13.2. The van der Waals surface area contributed by atoms with Gasteiger partial charge in [0.2, 0.25) is 0 Å². The molecular weight excluding hydrogens is 458 g/mol. The molecule has 2 saturated heterocycles. The predicted molar refractivity (Wildman–Crippen MR) is 144 cm³/mol. The van der Waals surface area contributed by atoms with Crippen LogP contribution in [0, 0.1) is 6.92 Å². The minimum absolute atomic E-state index is 0. The van der Waals surface area contributed by atoms with Gasteiger partial charge in [-0.3, -0.25) is 14.8 Å². The Balaban J connectivity index is 0.00000190. The van der Waals surface area contributed by atoms with Crippen LogP contribution in [-0.2, 0) is 11.2 Å². The number of carbonyl (C=O) groups is 1. The molecule has 0 aliphatic carbocycles. The number of nitrogens with zero attached hydrogens (tertiary/aromatic N) is 5. The summed E-state index contributed by atoms with van der Waals surface area (Å²) < 4.78 is 0. The Morgan fingerprint density at radius 1 is 1.14 bits per heavy atom. The molecule has 5 rings (SSSR count). The number of likely N-dealkylation sites (tertiary alicyclic amines) is 1. The Hall–Kier alpha value is -2.91. The molecule has 2 aliphatic heterocycles. The van der Waals surface area contributed by atoms with Crippen molar-refractivity contribution in [2.45, 2.75) is 62.0 Å². The van der Waals surface area contributed by atoms with Gasteiger partial charge in [0.05, 0.1) is 5.54 Å². The van der Waals surface area contributed by atoms with Crippen LogP contribution in [0.25, 0.3) is 0 Å². The molecule has 0 atom stereocenters. The summed E-state index contributed by atoms with van der Waals surface area (Å²) in [6.45, 7) is 10.6. The highest BCUT2D eigenvalue weighted by molar-refractivity contribution is 7.99. The SMILES string of the molecule is CCC(=O)Cc1ccc(Sc2nc(Nc3cc(C)[nH]n3)cc(N3CC(C)(N4CCCC4)C3)n2)cc1.[HH].[HH]. The lowest BCUT2D eigenvalue weighted by molar-refractivity contribution is -0.118. The van der Waals surface area contributed by atoms with Crippen molar-refractivity contribution in [3.05, 3.63) is 47.7 Å². The lowest BCUT2D eigenvalue weighted by atomic mass is 9.90. The minimum atomic E-state index is 0. The van der Waals surface area contributed by atoms with Crippen LogP contribution in [-0.4, -0.2) is 62.6 Å². The van der Waals surface area contributed by atoms with E-state index < -0.39 is 0 Å². The van der Waals surface area contributed by atoms with E-state index >= 15 is 0 Å². The first-order valence-electron chi connectivity index (χ1n) is 12.4. The van der Waals surface area contributed by atoms with Crippen molar-refractivity contribution >= 4 is 35.0 Å². The van der Waals surface area contributed by atoms with Gasteiger partial charge in [-0.1, -0.05) is 19.1 Å². The highest BCUT2D eigenvalue weighted by Crippen LogP contribution is 2.36. The highest BCUT2D eigenvalue weighted by Gasteiger charge is 2.45. The zero-order valence-corrected chi connectivity index (χ0v) is 21.5. The normalized spacial score (nSPS) is 17.4. The number of nitrogens with one attached hydrogen (secondary N) is 2. The standard InChI is InChI=1S/C26H33N7OS.2H2/c1-4-20(34)14-19-7-9-21(10-8-19)35-25-28-22(27-23-13-18(2)30-31-23)15-24(29-25)32-16-26(3,17-32)33-11-5-6-12-33;;/h7-10,13,15H,4-6,11-12,14,16-17H2,1-3H3,(H2,27,28,29,30,31);2*1H. The van der Waals surface area contributed by atoms with Crippen LogP contribution in [0.5, 0.6) is 0 Å². The molecule has 3 aromatic rings. The Morgan fingerprint density at radius 3 is 2.54 bits per heavy atom. The third-order valence-corrected chi connectivity index (χ3v) is 7.71. The molecule has 8 nitrogen and oxygen atoms in total. The Bertz CT molecular complexity index is 1190. The molecule has 188 valence electrons. The molecule has 4 heterocycles. The number of rotatable bonds is 9. The Labute approximate surface area is 213 Å². The van der Waals surface area contributed by atoms with Crippen molar-refractivity contribution in [3.63, 3.8) is 0 Å². The summed E-state index contributed by atoms with van der Waals surface area (Å²) in [4.78, 5) is 27.4.